The molecule has 1 aliphatic carbocycles. The molecule has 0 spiro atoms. The Kier molecular flexibility index (Phi) is 11.2. The molecule has 0 aromatic heterocycles. The molecule has 3 aromatic rings. The van der Waals surface area contributed by atoms with E-state index >= 15 is 0 Å². The van der Waals surface area contributed by atoms with Crippen LogP contribution in [0.2, 0.25) is 0 Å². The van der Waals surface area contributed by atoms with Crippen molar-refractivity contribution in [1.82, 2.24) is 10.2 Å². The van der Waals surface area contributed by atoms with E-state index in [0.29, 0.717) is 17.0 Å². The predicted octanol–water partition coefficient (Wildman–Crippen LogP) is 5.08. The molecule has 0 heterocycles. The highest BCUT2D eigenvalue weighted by Crippen LogP contribution is 2.30. The van der Waals surface area contributed by atoms with E-state index in [1.165, 1.54) is 22.4 Å². The maximum atomic E-state index is 14.9. The van der Waals surface area contributed by atoms with Gasteiger partial charge in [0.1, 0.15) is 17.6 Å². The minimum absolute atomic E-state index is 0.0239. The molecular weight excluding hydrogens is 569 g/mol. The van der Waals surface area contributed by atoms with Crippen molar-refractivity contribution >= 4 is 27.5 Å². The number of carbonyl (C=O) groups excluding carboxylic acids is 2. The SMILES string of the molecule is COc1ccccc1N(CCCC(=O)N(Cc1ccccc1F)C(Cc1ccccc1)C(=O)NC1CCCC1)S(C)(=O)=O. The van der Waals surface area contributed by atoms with Gasteiger partial charge < -0.3 is 15.0 Å². The van der Waals surface area contributed by atoms with Crippen molar-refractivity contribution in [3.8, 4) is 5.75 Å². The molecule has 0 bridgehead atoms. The summed E-state index contributed by atoms with van der Waals surface area (Å²) in [6.07, 6.45) is 5.35. The van der Waals surface area contributed by atoms with Gasteiger partial charge in [0.15, 0.2) is 0 Å². The van der Waals surface area contributed by atoms with E-state index in [1.807, 2.05) is 30.3 Å². The first-order chi connectivity index (χ1) is 20.7. The molecule has 3 aromatic carbocycles. The average molecular weight is 610 g/mol. The fourth-order valence-electron chi connectivity index (χ4n) is 5.55. The highest BCUT2D eigenvalue weighted by molar-refractivity contribution is 7.92. The molecule has 10 heteroatoms. The minimum atomic E-state index is -3.69. The number of nitrogens with one attached hydrogen (secondary N) is 1. The van der Waals surface area contributed by atoms with Crippen molar-refractivity contribution in [3.63, 3.8) is 0 Å². The van der Waals surface area contributed by atoms with Gasteiger partial charge in [-0.1, -0.05) is 73.5 Å². The van der Waals surface area contributed by atoms with Gasteiger partial charge in [-0.2, -0.15) is 0 Å². The monoisotopic (exact) mass is 609 g/mol. The summed E-state index contributed by atoms with van der Waals surface area (Å²) in [4.78, 5) is 29.2. The van der Waals surface area contributed by atoms with Gasteiger partial charge in [0.2, 0.25) is 21.8 Å². The van der Waals surface area contributed by atoms with Gasteiger partial charge in [0.05, 0.1) is 19.1 Å². The molecule has 1 saturated carbocycles. The number of sulfonamides is 1. The van der Waals surface area contributed by atoms with Gasteiger partial charge in [-0.25, -0.2) is 12.8 Å². The van der Waals surface area contributed by atoms with Crippen LogP contribution < -0.4 is 14.4 Å². The van der Waals surface area contributed by atoms with Crippen molar-refractivity contribution in [2.45, 2.75) is 63.6 Å². The summed E-state index contributed by atoms with van der Waals surface area (Å²) in [7, 11) is -2.23. The molecule has 1 unspecified atom stereocenters. The molecule has 43 heavy (non-hydrogen) atoms. The maximum Gasteiger partial charge on any atom is 0.243 e. The number of amides is 2. The van der Waals surface area contributed by atoms with Gasteiger partial charge in [0, 0.05) is 37.5 Å². The van der Waals surface area contributed by atoms with E-state index in [2.05, 4.69) is 5.32 Å². The van der Waals surface area contributed by atoms with Gasteiger partial charge in [0.25, 0.3) is 0 Å². The number of hydrogen-bond acceptors (Lipinski definition) is 5. The second-order valence-electron chi connectivity index (χ2n) is 10.9. The summed E-state index contributed by atoms with van der Waals surface area (Å²) in [5.41, 5.74) is 1.55. The fraction of sp³-hybridized carbons (Fsp3) is 0.394. The first kappa shape index (κ1) is 32.0. The zero-order chi connectivity index (χ0) is 30.8. The molecule has 2 amide bonds. The van der Waals surface area contributed by atoms with E-state index in [1.54, 1.807) is 42.5 Å². The van der Waals surface area contributed by atoms with Gasteiger partial charge in [-0.05, 0) is 43.0 Å². The van der Waals surface area contributed by atoms with E-state index in [-0.39, 0.29) is 50.2 Å². The number of carbonyl (C=O) groups is 2. The van der Waals surface area contributed by atoms with E-state index < -0.39 is 21.9 Å². The summed E-state index contributed by atoms with van der Waals surface area (Å²) < 4.78 is 46.9. The third-order valence-electron chi connectivity index (χ3n) is 7.78. The lowest BCUT2D eigenvalue weighted by Crippen LogP contribution is -2.52. The van der Waals surface area contributed by atoms with Crippen molar-refractivity contribution in [3.05, 3.63) is 95.8 Å². The number of ether oxygens (including phenoxy) is 1. The van der Waals surface area contributed by atoms with Crippen molar-refractivity contribution in [2.24, 2.45) is 0 Å². The lowest BCUT2D eigenvalue weighted by atomic mass is 10.0. The predicted molar refractivity (Wildman–Crippen MR) is 166 cm³/mol. The second kappa shape index (κ2) is 15.0. The lowest BCUT2D eigenvalue weighted by molar-refractivity contribution is -0.141. The summed E-state index contributed by atoms with van der Waals surface area (Å²) in [5, 5.41) is 3.14. The number of methoxy groups -OCH3 is 1. The molecule has 0 radical (unpaired) electrons. The number of halogens is 1. The summed E-state index contributed by atoms with van der Waals surface area (Å²) in [6, 6.07) is 21.6. The topological polar surface area (TPSA) is 96.0 Å². The molecular formula is C33H40FN3O5S. The number of rotatable bonds is 14. The number of hydrogen-bond donors (Lipinski definition) is 1. The number of anilines is 1. The van der Waals surface area contributed by atoms with Crippen LogP contribution in [-0.2, 0) is 32.6 Å². The van der Waals surface area contributed by atoms with Crippen LogP contribution in [0.4, 0.5) is 10.1 Å². The van der Waals surface area contributed by atoms with Crippen LogP contribution in [-0.4, -0.2) is 57.1 Å². The van der Waals surface area contributed by atoms with Crippen LogP contribution in [0, 0.1) is 5.82 Å². The van der Waals surface area contributed by atoms with Crippen LogP contribution in [0.25, 0.3) is 0 Å². The molecule has 8 nitrogen and oxygen atoms in total. The van der Waals surface area contributed by atoms with Gasteiger partial charge in [-0.3, -0.25) is 13.9 Å². The quantitative estimate of drug-likeness (QED) is 0.275. The highest BCUT2D eigenvalue weighted by atomic mass is 32.2. The van der Waals surface area contributed by atoms with Crippen LogP contribution in [0.15, 0.2) is 78.9 Å². The Morgan fingerprint density at radius 3 is 2.30 bits per heavy atom. The molecule has 1 N–H and O–H groups in total. The Morgan fingerprint density at radius 2 is 1.63 bits per heavy atom. The van der Waals surface area contributed by atoms with E-state index in [0.717, 1.165) is 37.5 Å². The highest BCUT2D eigenvalue weighted by Gasteiger charge is 2.33. The molecule has 4 rings (SSSR count). The maximum absolute atomic E-state index is 14.9. The Labute approximate surface area is 253 Å². The Hall–Kier alpha value is -3.92. The van der Waals surface area contributed by atoms with Gasteiger partial charge in [-0.15, -0.1) is 0 Å². The zero-order valence-electron chi connectivity index (χ0n) is 24.7. The second-order valence-corrected chi connectivity index (χ2v) is 12.8. The van der Waals surface area contributed by atoms with Crippen LogP contribution >= 0.6 is 0 Å². The number of benzene rings is 3. The largest absolute Gasteiger partial charge is 0.495 e. The third-order valence-corrected chi connectivity index (χ3v) is 8.96. The zero-order valence-corrected chi connectivity index (χ0v) is 25.6. The summed E-state index contributed by atoms with van der Waals surface area (Å²) in [6.45, 7) is -0.0699. The van der Waals surface area contributed by atoms with Crippen LogP contribution in [0.5, 0.6) is 5.75 Å². The van der Waals surface area contributed by atoms with Crippen molar-refractivity contribution in [2.75, 3.05) is 24.2 Å². The molecule has 0 aliphatic heterocycles. The first-order valence-electron chi connectivity index (χ1n) is 14.6. The Morgan fingerprint density at radius 1 is 0.977 bits per heavy atom. The first-order valence-corrected chi connectivity index (χ1v) is 16.5. The Bertz CT molecular complexity index is 1480. The minimum Gasteiger partial charge on any atom is -0.495 e. The van der Waals surface area contributed by atoms with Crippen LogP contribution in [0.1, 0.15) is 49.7 Å². The Balaban J connectivity index is 1.60. The standard InChI is InChI=1S/C33H40FN3O5S/c1-42-31-20-11-10-19-29(31)37(43(2,40)41)22-12-21-32(38)36(24-26-15-6-9-18-28(26)34)30(23-25-13-4-3-5-14-25)33(39)35-27-16-7-8-17-27/h3-6,9-11,13-15,18-20,27,30H,7-8,12,16-17,21-24H2,1-2H3,(H,35,39). The smallest absolute Gasteiger partial charge is 0.243 e. The third kappa shape index (κ3) is 8.79. The molecule has 0 saturated heterocycles. The van der Waals surface area contributed by atoms with Crippen LogP contribution in [0.3, 0.4) is 0 Å². The molecule has 1 fully saturated rings. The normalized spacial score (nSPS) is 14.2. The number of nitrogens with zero attached hydrogens (tertiary/aromatic N) is 2. The molecule has 230 valence electrons. The fourth-order valence-corrected chi connectivity index (χ4v) is 6.52. The summed E-state index contributed by atoms with van der Waals surface area (Å²) in [5.74, 6) is -0.701. The van der Waals surface area contributed by atoms with Crippen molar-refractivity contribution < 1.29 is 27.1 Å². The number of para-hydroxylation sites is 2. The average Bonchev–Trinajstić information content (AvgIpc) is 3.51. The summed E-state index contributed by atoms with van der Waals surface area (Å²) >= 11 is 0. The van der Waals surface area contributed by atoms with E-state index in [9.17, 15) is 22.4 Å². The molecule has 1 atom stereocenters. The van der Waals surface area contributed by atoms with E-state index in [4.69, 9.17) is 4.74 Å². The van der Waals surface area contributed by atoms with Gasteiger partial charge >= 0.3 is 0 Å². The lowest BCUT2D eigenvalue weighted by Gasteiger charge is -2.33. The van der Waals surface area contributed by atoms with Crippen molar-refractivity contribution in [1.29, 1.82) is 0 Å². The molecule has 1 aliphatic rings.